The van der Waals surface area contributed by atoms with E-state index in [0.717, 1.165) is 12.1 Å². The third-order valence-electron chi connectivity index (χ3n) is 2.55. The van der Waals surface area contributed by atoms with Crippen molar-refractivity contribution in [3.8, 4) is 0 Å². The first-order valence-corrected chi connectivity index (χ1v) is 6.18. The van der Waals surface area contributed by atoms with E-state index in [2.05, 4.69) is 15.9 Å². The van der Waals surface area contributed by atoms with Crippen LogP contribution in [0.5, 0.6) is 0 Å². The molecule has 0 atom stereocenters. The summed E-state index contributed by atoms with van der Waals surface area (Å²) in [6.07, 6.45) is -0.248. The number of carbonyl (C=O) groups excluding carboxylic acids is 1. The molecule has 5 heteroatoms. The molecule has 0 N–H and O–H groups in total. The number of hydrogen-bond donors (Lipinski definition) is 0. The van der Waals surface area contributed by atoms with Gasteiger partial charge in [-0.2, -0.15) is 0 Å². The van der Waals surface area contributed by atoms with Gasteiger partial charge in [-0.25, -0.2) is 13.2 Å². The van der Waals surface area contributed by atoms with Crippen LogP contribution in [0.1, 0.15) is 15.9 Å². The third-order valence-corrected chi connectivity index (χ3v) is 3.04. The molecule has 0 fully saturated rings. The van der Waals surface area contributed by atoms with Gasteiger partial charge in [0.25, 0.3) is 0 Å². The molecular formula is C14H8BrF3O. The normalized spacial score (nSPS) is 10.5. The van der Waals surface area contributed by atoms with E-state index in [-0.39, 0.29) is 17.5 Å². The van der Waals surface area contributed by atoms with Crippen LogP contribution in [0.15, 0.2) is 40.9 Å². The first kappa shape index (κ1) is 13.8. The van der Waals surface area contributed by atoms with Crippen LogP contribution in [0.25, 0.3) is 0 Å². The molecule has 0 spiro atoms. The summed E-state index contributed by atoms with van der Waals surface area (Å²) in [4.78, 5) is 11.8. The molecule has 0 saturated carbocycles. The summed E-state index contributed by atoms with van der Waals surface area (Å²) in [5, 5.41) is 0. The van der Waals surface area contributed by atoms with E-state index in [1.807, 2.05) is 0 Å². The molecule has 0 heterocycles. The Morgan fingerprint density at radius 3 is 2.21 bits per heavy atom. The summed E-state index contributed by atoms with van der Waals surface area (Å²) in [5.74, 6) is -2.75. The van der Waals surface area contributed by atoms with Crippen molar-refractivity contribution < 1.29 is 18.0 Å². The number of ketones is 1. The number of Topliss-reactive ketones (excluding diaryl/α,β-unsaturated/α-hetero) is 1. The number of benzene rings is 2. The van der Waals surface area contributed by atoms with Gasteiger partial charge in [0.15, 0.2) is 5.78 Å². The molecular weight excluding hydrogens is 321 g/mol. The highest BCUT2D eigenvalue weighted by Crippen LogP contribution is 2.18. The van der Waals surface area contributed by atoms with Crippen molar-refractivity contribution in [1.82, 2.24) is 0 Å². The van der Waals surface area contributed by atoms with E-state index >= 15 is 0 Å². The second-order valence-corrected chi connectivity index (χ2v) is 4.91. The summed E-state index contributed by atoms with van der Waals surface area (Å²) in [7, 11) is 0. The lowest BCUT2D eigenvalue weighted by Gasteiger charge is -2.04. The van der Waals surface area contributed by atoms with Crippen LogP contribution < -0.4 is 0 Å². The fraction of sp³-hybridized carbons (Fsp3) is 0.0714. The average molecular weight is 329 g/mol. The van der Waals surface area contributed by atoms with Crippen LogP contribution in [0.2, 0.25) is 0 Å². The van der Waals surface area contributed by atoms with Crippen molar-refractivity contribution in [2.75, 3.05) is 0 Å². The Morgan fingerprint density at radius 2 is 1.63 bits per heavy atom. The predicted octanol–water partition coefficient (Wildman–Crippen LogP) is 4.29. The van der Waals surface area contributed by atoms with Gasteiger partial charge >= 0.3 is 0 Å². The molecule has 0 aromatic heterocycles. The number of rotatable bonds is 3. The van der Waals surface area contributed by atoms with Gasteiger partial charge in [-0.15, -0.1) is 0 Å². The predicted molar refractivity (Wildman–Crippen MR) is 68.5 cm³/mol. The monoisotopic (exact) mass is 328 g/mol. The topological polar surface area (TPSA) is 17.1 Å². The minimum absolute atomic E-state index is 0.111. The van der Waals surface area contributed by atoms with Crippen LogP contribution in [0.4, 0.5) is 13.2 Å². The van der Waals surface area contributed by atoms with Crippen molar-refractivity contribution in [3.05, 3.63) is 69.4 Å². The second-order valence-electron chi connectivity index (χ2n) is 3.99. The van der Waals surface area contributed by atoms with E-state index in [0.29, 0.717) is 10.5 Å². The van der Waals surface area contributed by atoms with Crippen LogP contribution in [-0.2, 0) is 6.42 Å². The molecule has 0 aliphatic rings. The highest BCUT2D eigenvalue weighted by atomic mass is 79.9. The average Bonchev–Trinajstić information content (AvgIpc) is 2.31. The Kier molecular flexibility index (Phi) is 4.04. The zero-order chi connectivity index (χ0) is 14.0. The first-order chi connectivity index (χ1) is 8.95. The highest BCUT2D eigenvalue weighted by Gasteiger charge is 2.13. The standard InChI is InChI=1S/C14H8BrF3O/c15-10-2-1-8(13(18)6-10)5-14(19)9-3-11(16)7-12(17)4-9/h1-4,6-7H,5H2. The molecule has 0 aliphatic heterocycles. The summed E-state index contributed by atoms with van der Waals surface area (Å²) in [6, 6.07) is 6.82. The molecule has 19 heavy (non-hydrogen) atoms. The van der Waals surface area contributed by atoms with Crippen molar-refractivity contribution >= 4 is 21.7 Å². The van der Waals surface area contributed by atoms with Crippen LogP contribution in [0.3, 0.4) is 0 Å². The van der Waals surface area contributed by atoms with Gasteiger partial charge in [0, 0.05) is 22.5 Å². The fourth-order valence-electron chi connectivity index (χ4n) is 1.65. The Bertz CT molecular complexity index is 620. The lowest BCUT2D eigenvalue weighted by molar-refractivity contribution is 0.0991. The van der Waals surface area contributed by atoms with Gasteiger partial charge in [-0.05, 0) is 29.8 Å². The van der Waals surface area contributed by atoms with E-state index in [9.17, 15) is 18.0 Å². The van der Waals surface area contributed by atoms with Gasteiger partial charge in [0.2, 0.25) is 0 Å². The van der Waals surface area contributed by atoms with Crippen molar-refractivity contribution in [2.24, 2.45) is 0 Å². The second kappa shape index (κ2) is 5.57. The minimum Gasteiger partial charge on any atom is -0.294 e. The highest BCUT2D eigenvalue weighted by molar-refractivity contribution is 9.10. The van der Waals surface area contributed by atoms with Gasteiger partial charge in [0.1, 0.15) is 17.5 Å². The largest absolute Gasteiger partial charge is 0.294 e. The molecule has 0 bridgehead atoms. The quantitative estimate of drug-likeness (QED) is 0.768. The number of hydrogen-bond acceptors (Lipinski definition) is 1. The molecule has 1 nitrogen and oxygen atoms in total. The van der Waals surface area contributed by atoms with E-state index < -0.39 is 23.2 Å². The fourth-order valence-corrected chi connectivity index (χ4v) is 1.99. The molecule has 0 amide bonds. The zero-order valence-corrected chi connectivity index (χ0v) is 11.2. The number of carbonyl (C=O) groups is 1. The van der Waals surface area contributed by atoms with E-state index in [4.69, 9.17) is 0 Å². The van der Waals surface area contributed by atoms with Gasteiger partial charge < -0.3 is 0 Å². The Balaban J connectivity index is 2.25. The Hall–Kier alpha value is -1.62. The summed E-state index contributed by atoms with van der Waals surface area (Å²) in [5.41, 5.74) is 0.0673. The third kappa shape index (κ3) is 3.44. The maximum atomic E-state index is 13.6. The van der Waals surface area contributed by atoms with Crippen molar-refractivity contribution in [3.63, 3.8) is 0 Å². The van der Waals surface area contributed by atoms with E-state index in [1.165, 1.54) is 12.1 Å². The minimum atomic E-state index is -0.834. The Labute approximate surface area is 116 Å². The number of halogens is 4. The molecule has 2 rings (SSSR count). The molecule has 2 aromatic rings. The SMILES string of the molecule is O=C(Cc1ccc(Br)cc1F)c1cc(F)cc(F)c1. The van der Waals surface area contributed by atoms with Crippen molar-refractivity contribution in [2.45, 2.75) is 6.42 Å². The van der Waals surface area contributed by atoms with Gasteiger partial charge in [0.05, 0.1) is 0 Å². The summed E-state index contributed by atoms with van der Waals surface area (Å²) < 4.78 is 40.1. The first-order valence-electron chi connectivity index (χ1n) is 5.39. The summed E-state index contributed by atoms with van der Waals surface area (Å²) in [6.45, 7) is 0. The molecule has 2 aromatic carbocycles. The van der Waals surface area contributed by atoms with Gasteiger partial charge in [-0.3, -0.25) is 4.79 Å². The molecule has 0 aliphatic carbocycles. The molecule has 0 radical (unpaired) electrons. The van der Waals surface area contributed by atoms with Crippen LogP contribution >= 0.6 is 15.9 Å². The molecule has 0 unspecified atom stereocenters. The van der Waals surface area contributed by atoms with Crippen LogP contribution in [0, 0.1) is 17.5 Å². The lowest BCUT2D eigenvalue weighted by atomic mass is 10.0. The molecule has 0 saturated heterocycles. The lowest BCUT2D eigenvalue weighted by Crippen LogP contribution is -2.06. The van der Waals surface area contributed by atoms with Gasteiger partial charge in [-0.1, -0.05) is 22.0 Å². The zero-order valence-electron chi connectivity index (χ0n) is 9.59. The Morgan fingerprint density at radius 1 is 1.00 bits per heavy atom. The maximum absolute atomic E-state index is 13.6. The molecule has 98 valence electrons. The summed E-state index contributed by atoms with van der Waals surface area (Å²) >= 11 is 3.10. The maximum Gasteiger partial charge on any atom is 0.167 e. The van der Waals surface area contributed by atoms with Crippen molar-refractivity contribution in [1.29, 1.82) is 0 Å². The van der Waals surface area contributed by atoms with Crippen LogP contribution in [-0.4, -0.2) is 5.78 Å². The smallest absolute Gasteiger partial charge is 0.167 e. The van der Waals surface area contributed by atoms with E-state index in [1.54, 1.807) is 6.07 Å².